The average molecular weight is 411 g/mol. The molecule has 3 rings (SSSR count). The second kappa shape index (κ2) is 8.24. The van der Waals surface area contributed by atoms with Crippen LogP contribution in [0.15, 0.2) is 24.5 Å². The van der Waals surface area contributed by atoms with Crippen molar-refractivity contribution >= 4 is 46.2 Å². The number of rotatable bonds is 5. The summed E-state index contributed by atoms with van der Waals surface area (Å²) in [4.78, 5) is 23.7. The first kappa shape index (κ1) is 19.6. The zero-order chi connectivity index (χ0) is 19.6. The monoisotopic (exact) mass is 410 g/mol. The first-order chi connectivity index (χ1) is 12.9. The van der Waals surface area contributed by atoms with Gasteiger partial charge < -0.3 is 15.1 Å². The number of benzene rings is 1. The first-order valence-electron chi connectivity index (χ1n) is 8.49. The van der Waals surface area contributed by atoms with Crippen LogP contribution in [0, 0.1) is 10.1 Å². The Morgan fingerprint density at radius 3 is 2.63 bits per heavy atom. The second-order valence-electron chi connectivity index (χ2n) is 6.55. The number of nitro groups is 1. The van der Waals surface area contributed by atoms with Crippen LogP contribution in [0.5, 0.6) is 0 Å². The minimum Gasteiger partial charge on any atom is -0.351 e. The SMILES string of the molecule is CN1CCC(N(C)c2ncnc(Nc3ccc(Cl)cc3Cl)c2[N+](=O)[O-])CC1. The van der Waals surface area contributed by atoms with Crippen LogP contribution < -0.4 is 10.2 Å². The molecule has 144 valence electrons. The Hall–Kier alpha value is -2.16. The largest absolute Gasteiger partial charge is 0.353 e. The summed E-state index contributed by atoms with van der Waals surface area (Å²) in [7, 11) is 3.91. The Balaban J connectivity index is 1.94. The van der Waals surface area contributed by atoms with Crippen LogP contribution in [0.25, 0.3) is 0 Å². The van der Waals surface area contributed by atoms with Crippen LogP contribution >= 0.6 is 23.2 Å². The molecule has 8 nitrogen and oxygen atoms in total. The number of nitrogens with one attached hydrogen (secondary N) is 1. The molecule has 0 bridgehead atoms. The second-order valence-corrected chi connectivity index (χ2v) is 7.39. The molecule has 27 heavy (non-hydrogen) atoms. The number of nitrogens with zero attached hydrogens (tertiary/aromatic N) is 5. The van der Waals surface area contributed by atoms with Crippen molar-refractivity contribution in [1.82, 2.24) is 14.9 Å². The molecule has 1 aliphatic rings. The minimum atomic E-state index is -0.465. The van der Waals surface area contributed by atoms with Gasteiger partial charge >= 0.3 is 5.69 Å². The van der Waals surface area contributed by atoms with Crippen LogP contribution in [0.3, 0.4) is 0 Å². The maximum Gasteiger partial charge on any atom is 0.353 e. The lowest BCUT2D eigenvalue weighted by Gasteiger charge is -2.35. The number of piperidine rings is 1. The van der Waals surface area contributed by atoms with Crippen molar-refractivity contribution < 1.29 is 4.92 Å². The number of likely N-dealkylation sites (tertiary alicyclic amines) is 1. The van der Waals surface area contributed by atoms with Crippen LogP contribution in [0.4, 0.5) is 23.0 Å². The summed E-state index contributed by atoms with van der Waals surface area (Å²) in [5.41, 5.74) is 0.306. The zero-order valence-corrected chi connectivity index (χ0v) is 16.5. The van der Waals surface area contributed by atoms with Crippen LogP contribution in [0.2, 0.25) is 10.0 Å². The van der Waals surface area contributed by atoms with E-state index in [0.717, 1.165) is 25.9 Å². The molecule has 0 unspecified atom stereocenters. The van der Waals surface area contributed by atoms with Gasteiger partial charge in [-0.15, -0.1) is 0 Å². The third-order valence-electron chi connectivity index (χ3n) is 4.74. The van der Waals surface area contributed by atoms with Gasteiger partial charge in [0, 0.05) is 18.1 Å². The van der Waals surface area contributed by atoms with Crippen molar-refractivity contribution in [3.63, 3.8) is 0 Å². The van der Waals surface area contributed by atoms with Gasteiger partial charge in [0.25, 0.3) is 0 Å². The van der Waals surface area contributed by atoms with Crippen LogP contribution in [-0.2, 0) is 0 Å². The molecule has 2 aromatic rings. The van der Waals surface area contributed by atoms with Gasteiger partial charge in [-0.3, -0.25) is 10.1 Å². The molecule has 1 aromatic heterocycles. The zero-order valence-electron chi connectivity index (χ0n) is 15.0. The van der Waals surface area contributed by atoms with E-state index >= 15 is 0 Å². The molecule has 0 radical (unpaired) electrons. The maximum absolute atomic E-state index is 11.8. The lowest BCUT2D eigenvalue weighted by atomic mass is 10.0. The van der Waals surface area contributed by atoms with Crippen LogP contribution in [0.1, 0.15) is 12.8 Å². The molecule has 2 heterocycles. The van der Waals surface area contributed by atoms with E-state index in [1.165, 1.54) is 6.33 Å². The van der Waals surface area contributed by atoms with Gasteiger partial charge in [-0.05, 0) is 51.2 Å². The highest BCUT2D eigenvalue weighted by Gasteiger charge is 2.30. The summed E-state index contributed by atoms with van der Waals surface area (Å²) >= 11 is 12.1. The maximum atomic E-state index is 11.8. The normalized spacial score (nSPS) is 15.6. The van der Waals surface area contributed by atoms with Gasteiger partial charge in [0.1, 0.15) is 6.33 Å². The summed E-state index contributed by atoms with van der Waals surface area (Å²) in [5, 5.41) is 15.6. The molecule has 0 amide bonds. The summed E-state index contributed by atoms with van der Waals surface area (Å²) in [5.74, 6) is 0.381. The van der Waals surface area contributed by atoms with Gasteiger partial charge in [0.15, 0.2) is 0 Å². The summed E-state index contributed by atoms with van der Waals surface area (Å²) in [6.07, 6.45) is 3.15. The standard InChI is InChI=1S/C17H20Cl2N6O2/c1-23-7-5-12(6-8-23)24(2)17-15(25(26)27)16(20-10-21-17)22-14-4-3-11(18)9-13(14)19/h3-4,9-10,12H,5-8H2,1-2H3,(H,20,21,22). The smallest absolute Gasteiger partial charge is 0.351 e. The Labute approximate surface area is 167 Å². The van der Waals surface area contributed by atoms with E-state index in [0.29, 0.717) is 15.7 Å². The van der Waals surface area contributed by atoms with E-state index in [9.17, 15) is 10.1 Å². The van der Waals surface area contributed by atoms with E-state index in [-0.39, 0.29) is 23.4 Å². The van der Waals surface area contributed by atoms with Crippen molar-refractivity contribution in [2.75, 3.05) is 37.4 Å². The molecular formula is C17H20Cl2N6O2. The fraction of sp³-hybridized carbons (Fsp3) is 0.412. The molecule has 1 aromatic carbocycles. The highest BCUT2D eigenvalue weighted by molar-refractivity contribution is 6.36. The Bertz CT molecular complexity index is 842. The van der Waals surface area contributed by atoms with E-state index in [4.69, 9.17) is 23.2 Å². The molecule has 1 N–H and O–H groups in total. The molecule has 1 saturated heterocycles. The highest BCUT2D eigenvalue weighted by atomic mass is 35.5. The minimum absolute atomic E-state index is 0.0917. The third kappa shape index (κ3) is 4.40. The van der Waals surface area contributed by atoms with Gasteiger partial charge in [0.2, 0.25) is 11.6 Å². The molecule has 0 saturated carbocycles. The average Bonchev–Trinajstić information content (AvgIpc) is 2.63. The quantitative estimate of drug-likeness (QED) is 0.589. The number of anilines is 3. The number of hydrogen-bond acceptors (Lipinski definition) is 7. The Morgan fingerprint density at radius 1 is 1.30 bits per heavy atom. The molecule has 1 aliphatic heterocycles. The predicted molar refractivity (Wildman–Crippen MR) is 107 cm³/mol. The lowest BCUT2D eigenvalue weighted by molar-refractivity contribution is -0.383. The van der Waals surface area contributed by atoms with Crippen molar-refractivity contribution in [3.8, 4) is 0 Å². The van der Waals surface area contributed by atoms with Gasteiger partial charge in [-0.1, -0.05) is 23.2 Å². The van der Waals surface area contributed by atoms with E-state index in [2.05, 4.69) is 27.2 Å². The third-order valence-corrected chi connectivity index (χ3v) is 5.29. The topological polar surface area (TPSA) is 87.4 Å². The molecule has 0 atom stereocenters. The molecule has 10 heteroatoms. The molecule has 0 aliphatic carbocycles. The van der Waals surface area contributed by atoms with Crippen molar-refractivity contribution in [2.24, 2.45) is 0 Å². The first-order valence-corrected chi connectivity index (χ1v) is 9.25. The molecular weight excluding hydrogens is 391 g/mol. The summed E-state index contributed by atoms with van der Waals surface area (Å²) in [6, 6.07) is 5.04. The predicted octanol–water partition coefficient (Wildman–Crippen LogP) is 3.97. The Morgan fingerprint density at radius 2 is 2.00 bits per heavy atom. The van der Waals surface area contributed by atoms with E-state index in [1.807, 2.05) is 11.9 Å². The summed E-state index contributed by atoms with van der Waals surface area (Å²) < 4.78 is 0. The van der Waals surface area contributed by atoms with Gasteiger partial charge in [-0.2, -0.15) is 0 Å². The van der Waals surface area contributed by atoms with Crippen molar-refractivity contribution in [1.29, 1.82) is 0 Å². The van der Waals surface area contributed by atoms with Crippen molar-refractivity contribution in [3.05, 3.63) is 44.7 Å². The van der Waals surface area contributed by atoms with E-state index < -0.39 is 4.92 Å². The summed E-state index contributed by atoms with van der Waals surface area (Å²) in [6.45, 7) is 1.89. The Kier molecular flexibility index (Phi) is 5.98. The fourth-order valence-electron chi connectivity index (χ4n) is 3.16. The number of hydrogen-bond donors (Lipinski definition) is 1. The van der Waals surface area contributed by atoms with Gasteiger partial charge in [-0.25, -0.2) is 9.97 Å². The molecule has 0 spiro atoms. The fourth-order valence-corrected chi connectivity index (χ4v) is 3.62. The van der Waals surface area contributed by atoms with E-state index in [1.54, 1.807) is 18.2 Å². The number of halogens is 2. The van der Waals surface area contributed by atoms with Crippen LogP contribution in [-0.4, -0.2) is 53.0 Å². The lowest BCUT2D eigenvalue weighted by Crippen LogP contribution is -2.42. The molecule has 1 fully saturated rings. The van der Waals surface area contributed by atoms with Crippen molar-refractivity contribution in [2.45, 2.75) is 18.9 Å². The van der Waals surface area contributed by atoms with Gasteiger partial charge in [0.05, 0.1) is 15.6 Å². The number of aromatic nitrogens is 2. The highest BCUT2D eigenvalue weighted by Crippen LogP contribution is 2.36.